The van der Waals surface area contributed by atoms with E-state index in [0.29, 0.717) is 17.5 Å². The van der Waals surface area contributed by atoms with Crippen LogP contribution in [-0.2, 0) is 0 Å². The maximum Gasteiger partial charge on any atom is 0.0295 e. The average molecular weight is 240 g/mol. The molecule has 2 atom stereocenters. The van der Waals surface area contributed by atoms with E-state index >= 15 is 0 Å². The maximum absolute atomic E-state index is 6.38. The average Bonchev–Trinajstić information content (AvgIpc) is 2.13. The summed E-state index contributed by atoms with van der Waals surface area (Å²) in [5.41, 5.74) is 7.10. The van der Waals surface area contributed by atoms with Gasteiger partial charge in [-0.2, -0.15) is 0 Å². The zero-order chi connectivity index (χ0) is 13.3. The molecule has 1 fully saturated rings. The summed E-state index contributed by atoms with van der Waals surface area (Å²) in [6.07, 6.45) is 3.73. The van der Waals surface area contributed by atoms with Crippen LogP contribution >= 0.6 is 0 Å². The van der Waals surface area contributed by atoms with E-state index in [1.165, 1.54) is 25.9 Å². The van der Waals surface area contributed by atoms with Crippen LogP contribution < -0.4 is 5.73 Å². The summed E-state index contributed by atoms with van der Waals surface area (Å²) in [7, 11) is 0. The molecule has 2 N–H and O–H groups in total. The molecule has 0 amide bonds. The van der Waals surface area contributed by atoms with E-state index in [-0.39, 0.29) is 5.41 Å². The van der Waals surface area contributed by atoms with Crippen LogP contribution in [0.25, 0.3) is 0 Å². The van der Waals surface area contributed by atoms with E-state index in [4.69, 9.17) is 5.73 Å². The third-order valence-electron chi connectivity index (χ3n) is 4.09. The van der Waals surface area contributed by atoms with Gasteiger partial charge in [-0.3, -0.25) is 4.90 Å². The smallest absolute Gasteiger partial charge is 0.0295 e. The van der Waals surface area contributed by atoms with Gasteiger partial charge in [0.05, 0.1) is 0 Å². The standard InChI is InChI=1S/C15H32N2/c1-7-12(16)13(14(2,3)4)17-10-8-9-15(5,6)11-17/h12-13H,7-11,16H2,1-6H3. The quantitative estimate of drug-likeness (QED) is 0.820. The van der Waals surface area contributed by atoms with E-state index in [1.807, 2.05) is 0 Å². The summed E-state index contributed by atoms with van der Waals surface area (Å²) in [5.74, 6) is 0. The van der Waals surface area contributed by atoms with Gasteiger partial charge in [0.25, 0.3) is 0 Å². The minimum atomic E-state index is 0.267. The highest BCUT2D eigenvalue weighted by Gasteiger charge is 2.38. The SMILES string of the molecule is CCC(N)C(N1CCCC(C)(C)C1)C(C)(C)C. The van der Waals surface area contributed by atoms with Crippen LogP contribution in [0.1, 0.15) is 60.8 Å². The van der Waals surface area contributed by atoms with Crippen LogP contribution in [0.4, 0.5) is 0 Å². The minimum absolute atomic E-state index is 0.267. The first-order valence-electron chi connectivity index (χ1n) is 7.17. The van der Waals surface area contributed by atoms with Crippen LogP contribution in [0.2, 0.25) is 0 Å². The Bertz CT molecular complexity index is 240. The van der Waals surface area contributed by atoms with E-state index in [9.17, 15) is 0 Å². The molecule has 0 bridgehead atoms. The number of rotatable bonds is 3. The van der Waals surface area contributed by atoms with Crippen molar-refractivity contribution < 1.29 is 0 Å². The molecule has 2 unspecified atom stereocenters. The summed E-state index contributed by atoms with van der Waals surface area (Å²) in [4.78, 5) is 2.65. The Balaban J connectivity index is 2.83. The number of nitrogens with two attached hydrogens (primary N) is 1. The molecule has 1 aliphatic rings. The molecule has 0 aromatic rings. The van der Waals surface area contributed by atoms with Crippen molar-refractivity contribution in [3.05, 3.63) is 0 Å². The van der Waals surface area contributed by atoms with Gasteiger partial charge in [0.2, 0.25) is 0 Å². The van der Waals surface area contributed by atoms with E-state index in [0.717, 1.165) is 6.42 Å². The second-order valence-corrected chi connectivity index (χ2v) is 7.62. The Morgan fingerprint density at radius 3 is 2.29 bits per heavy atom. The highest BCUT2D eigenvalue weighted by Crippen LogP contribution is 2.35. The lowest BCUT2D eigenvalue weighted by Gasteiger charge is -2.49. The van der Waals surface area contributed by atoms with E-state index in [2.05, 4.69) is 46.4 Å². The molecule has 0 saturated carbocycles. The van der Waals surface area contributed by atoms with Crippen molar-refractivity contribution in [1.29, 1.82) is 0 Å². The van der Waals surface area contributed by atoms with Crippen molar-refractivity contribution in [3.63, 3.8) is 0 Å². The molecule has 1 heterocycles. The molecular formula is C15H32N2. The zero-order valence-corrected chi connectivity index (χ0v) is 12.7. The predicted octanol–water partition coefficient (Wildman–Crippen LogP) is 3.26. The van der Waals surface area contributed by atoms with Crippen molar-refractivity contribution in [1.82, 2.24) is 4.90 Å². The lowest BCUT2D eigenvalue weighted by atomic mass is 9.76. The largest absolute Gasteiger partial charge is 0.326 e. The van der Waals surface area contributed by atoms with Gasteiger partial charge in [-0.15, -0.1) is 0 Å². The fraction of sp³-hybridized carbons (Fsp3) is 1.00. The molecule has 102 valence electrons. The van der Waals surface area contributed by atoms with Crippen LogP contribution in [-0.4, -0.2) is 30.1 Å². The van der Waals surface area contributed by atoms with Crippen LogP contribution in [0.5, 0.6) is 0 Å². The first-order valence-corrected chi connectivity index (χ1v) is 7.17. The summed E-state index contributed by atoms with van der Waals surface area (Å²) >= 11 is 0. The first kappa shape index (κ1) is 15.0. The van der Waals surface area contributed by atoms with Crippen LogP contribution in [0, 0.1) is 10.8 Å². The number of likely N-dealkylation sites (tertiary alicyclic amines) is 1. The van der Waals surface area contributed by atoms with Crippen molar-refractivity contribution in [2.45, 2.75) is 72.9 Å². The maximum atomic E-state index is 6.38. The summed E-state index contributed by atoms with van der Waals surface area (Å²) < 4.78 is 0. The lowest BCUT2D eigenvalue weighted by Crippen LogP contribution is -2.58. The van der Waals surface area contributed by atoms with Crippen molar-refractivity contribution in [2.75, 3.05) is 13.1 Å². The minimum Gasteiger partial charge on any atom is -0.326 e. The van der Waals surface area contributed by atoms with Crippen molar-refractivity contribution >= 4 is 0 Å². The van der Waals surface area contributed by atoms with Gasteiger partial charge in [0.1, 0.15) is 0 Å². The molecule has 2 heteroatoms. The molecule has 1 rings (SSSR count). The molecule has 0 aromatic carbocycles. The van der Waals surface area contributed by atoms with Gasteiger partial charge in [-0.1, -0.05) is 41.5 Å². The monoisotopic (exact) mass is 240 g/mol. The Hall–Kier alpha value is -0.0800. The van der Waals surface area contributed by atoms with Gasteiger partial charge in [0, 0.05) is 18.6 Å². The van der Waals surface area contributed by atoms with E-state index in [1.54, 1.807) is 0 Å². The Labute approximate surface area is 108 Å². The fourth-order valence-corrected chi connectivity index (χ4v) is 3.39. The fourth-order valence-electron chi connectivity index (χ4n) is 3.39. The lowest BCUT2D eigenvalue weighted by molar-refractivity contribution is 0.0155. The molecule has 1 aliphatic heterocycles. The highest BCUT2D eigenvalue weighted by atomic mass is 15.2. The Kier molecular flexibility index (Phi) is 4.65. The third-order valence-corrected chi connectivity index (χ3v) is 4.09. The molecule has 0 spiro atoms. The third kappa shape index (κ3) is 3.96. The van der Waals surface area contributed by atoms with E-state index < -0.39 is 0 Å². The topological polar surface area (TPSA) is 29.3 Å². The summed E-state index contributed by atoms with van der Waals surface area (Å²) in [6.45, 7) is 16.4. The molecule has 1 saturated heterocycles. The summed E-state index contributed by atoms with van der Waals surface area (Å²) in [5, 5.41) is 0. The van der Waals surface area contributed by atoms with Gasteiger partial charge in [-0.25, -0.2) is 0 Å². The van der Waals surface area contributed by atoms with Crippen LogP contribution in [0.15, 0.2) is 0 Å². The normalized spacial score (nSPS) is 25.6. The number of hydrogen-bond donors (Lipinski definition) is 1. The van der Waals surface area contributed by atoms with Gasteiger partial charge in [-0.05, 0) is 36.6 Å². The highest BCUT2D eigenvalue weighted by molar-refractivity contribution is 4.94. The second-order valence-electron chi connectivity index (χ2n) is 7.62. The first-order chi connectivity index (χ1) is 7.67. The number of nitrogens with zero attached hydrogens (tertiary/aromatic N) is 1. The molecule has 0 aliphatic carbocycles. The second kappa shape index (κ2) is 5.27. The molecular weight excluding hydrogens is 208 g/mol. The molecule has 17 heavy (non-hydrogen) atoms. The van der Waals surface area contributed by atoms with Gasteiger partial charge < -0.3 is 5.73 Å². The van der Waals surface area contributed by atoms with Crippen LogP contribution in [0.3, 0.4) is 0 Å². The zero-order valence-electron chi connectivity index (χ0n) is 12.7. The predicted molar refractivity (Wildman–Crippen MR) is 76.1 cm³/mol. The van der Waals surface area contributed by atoms with Gasteiger partial charge in [0.15, 0.2) is 0 Å². The Morgan fingerprint density at radius 2 is 1.88 bits per heavy atom. The number of piperidine rings is 1. The van der Waals surface area contributed by atoms with Crippen molar-refractivity contribution in [3.8, 4) is 0 Å². The summed E-state index contributed by atoms with van der Waals surface area (Å²) in [6, 6.07) is 0.802. The molecule has 2 nitrogen and oxygen atoms in total. The van der Waals surface area contributed by atoms with Crippen molar-refractivity contribution in [2.24, 2.45) is 16.6 Å². The number of hydrogen-bond acceptors (Lipinski definition) is 2. The molecule has 0 radical (unpaired) electrons. The Morgan fingerprint density at radius 1 is 1.29 bits per heavy atom. The van der Waals surface area contributed by atoms with Gasteiger partial charge >= 0.3 is 0 Å². The molecule has 0 aromatic heterocycles.